The third-order valence-electron chi connectivity index (χ3n) is 2.47. The highest BCUT2D eigenvalue weighted by molar-refractivity contribution is 5.41. The van der Waals surface area contributed by atoms with E-state index in [2.05, 4.69) is 36.2 Å². The zero-order chi connectivity index (χ0) is 12.4. The van der Waals surface area contributed by atoms with E-state index in [9.17, 15) is 0 Å². The summed E-state index contributed by atoms with van der Waals surface area (Å²) in [6.07, 6.45) is 5.89. The number of nitrogens with zero attached hydrogens (tertiary/aromatic N) is 4. The molecule has 0 aliphatic carbocycles. The number of aromatic nitrogens is 4. The van der Waals surface area contributed by atoms with Gasteiger partial charge in [-0.2, -0.15) is 5.10 Å². The first kappa shape index (κ1) is 11.7. The van der Waals surface area contributed by atoms with E-state index >= 15 is 0 Å². The summed E-state index contributed by atoms with van der Waals surface area (Å²) in [4.78, 5) is 4.48. The van der Waals surface area contributed by atoms with Crippen molar-refractivity contribution in [3.05, 3.63) is 24.3 Å². The minimum atomic E-state index is 0.358. The molecule has 0 fully saturated rings. The van der Waals surface area contributed by atoms with E-state index in [0.29, 0.717) is 6.04 Å². The lowest BCUT2D eigenvalue weighted by molar-refractivity contribution is 0.659. The van der Waals surface area contributed by atoms with Gasteiger partial charge in [-0.3, -0.25) is 9.25 Å². The molecule has 0 aliphatic heterocycles. The molecule has 2 aromatic heterocycles. The summed E-state index contributed by atoms with van der Waals surface area (Å²) in [5, 5.41) is 7.62. The van der Waals surface area contributed by atoms with Crippen LogP contribution in [0.25, 0.3) is 5.69 Å². The lowest BCUT2D eigenvalue weighted by Gasteiger charge is -2.10. The third kappa shape index (κ3) is 2.49. The monoisotopic (exact) mass is 233 g/mol. The Bertz CT molecular complexity index is 495. The van der Waals surface area contributed by atoms with E-state index in [0.717, 1.165) is 23.9 Å². The van der Waals surface area contributed by atoms with E-state index in [1.165, 1.54) is 0 Å². The Morgan fingerprint density at radius 3 is 2.71 bits per heavy atom. The number of nitrogens with one attached hydrogen (secondary N) is 1. The molecular weight excluding hydrogens is 214 g/mol. The van der Waals surface area contributed by atoms with Crippen molar-refractivity contribution < 1.29 is 0 Å². The van der Waals surface area contributed by atoms with Gasteiger partial charge < -0.3 is 5.32 Å². The van der Waals surface area contributed by atoms with Crippen LogP contribution in [0.3, 0.4) is 0 Å². The summed E-state index contributed by atoms with van der Waals surface area (Å²) in [5.41, 5.74) is 2.04. The van der Waals surface area contributed by atoms with Crippen LogP contribution in [0.2, 0.25) is 0 Å². The van der Waals surface area contributed by atoms with Gasteiger partial charge in [0.1, 0.15) is 0 Å². The molecule has 0 aliphatic rings. The van der Waals surface area contributed by atoms with Gasteiger partial charge in [0.15, 0.2) is 0 Å². The third-order valence-corrected chi connectivity index (χ3v) is 2.47. The topological polar surface area (TPSA) is 47.7 Å². The number of hydrogen-bond acceptors (Lipinski definition) is 3. The zero-order valence-corrected chi connectivity index (χ0v) is 10.8. The Kier molecular flexibility index (Phi) is 3.17. The highest BCUT2D eigenvalue weighted by Gasteiger charge is 2.09. The Balaban J connectivity index is 2.36. The van der Waals surface area contributed by atoms with Gasteiger partial charge in [0.2, 0.25) is 5.95 Å². The van der Waals surface area contributed by atoms with Crippen molar-refractivity contribution in [2.45, 2.75) is 40.3 Å². The average Bonchev–Trinajstić information content (AvgIpc) is 2.83. The van der Waals surface area contributed by atoms with Crippen molar-refractivity contribution in [3.63, 3.8) is 0 Å². The molecule has 0 spiro atoms. The second kappa shape index (κ2) is 4.61. The maximum Gasteiger partial charge on any atom is 0.208 e. The van der Waals surface area contributed by atoms with Crippen LogP contribution in [0.5, 0.6) is 0 Å². The molecule has 0 saturated carbocycles. The first-order valence-electron chi connectivity index (χ1n) is 5.95. The van der Waals surface area contributed by atoms with E-state index in [4.69, 9.17) is 0 Å². The number of hydrogen-bond donors (Lipinski definition) is 1. The van der Waals surface area contributed by atoms with Crippen LogP contribution in [-0.2, 0) is 6.54 Å². The molecule has 0 saturated heterocycles. The smallest absolute Gasteiger partial charge is 0.208 e. The molecule has 2 rings (SSSR count). The van der Waals surface area contributed by atoms with Crippen LogP contribution in [0, 0.1) is 6.92 Å². The number of imidazole rings is 1. The minimum Gasteiger partial charge on any atom is -0.353 e. The van der Waals surface area contributed by atoms with Gasteiger partial charge in [-0.1, -0.05) is 0 Å². The molecular formula is C12H19N5. The standard InChI is InChI=1S/C12H19N5/c1-5-16-8-11(6-13-16)17-7-10(4)15-12(17)14-9(2)3/h6-9H,5H2,1-4H3,(H,14,15). The predicted molar refractivity (Wildman–Crippen MR) is 68.5 cm³/mol. The highest BCUT2D eigenvalue weighted by atomic mass is 15.3. The van der Waals surface area contributed by atoms with Crippen molar-refractivity contribution in [1.82, 2.24) is 19.3 Å². The van der Waals surface area contributed by atoms with Crippen LogP contribution < -0.4 is 5.32 Å². The molecule has 0 amide bonds. The molecule has 0 atom stereocenters. The lowest BCUT2D eigenvalue weighted by Crippen LogP contribution is -2.13. The predicted octanol–water partition coefficient (Wildman–Crippen LogP) is 2.22. The van der Waals surface area contributed by atoms with Crippen molar-refractivity contribution in [2.75, 3.05) is 5.32 Å². The largest absolute Gasteiger partial charge is 0.353 e. The Morgan fingerprint density at radius 1 is 1.35 bits per heavy atom. The van der Waals surface area contributed by atoms with Gasteiger partial charge in [-0.15, -0.1) is 0 Å². The van der Waals surface area contributed by atoms with Crippen molar-refractivity contribution >= 4 is 5.95 Å². The number of rotatable bonds is 4. The first-order chi connectivity index (χ1) is 8.10. The quantitative estimate of drug-likeness (QED) is 0.880. The van der Waals surface area contributed by atoms with E-state index in [1.807, 2.05) is 34.8 Å². The van der Waals surface area contributed by atoms with Crippen LogP contribution >= 0.6 is 0 Å². The lowest BCUT2D eigenvalue weighted by atomic mass is 10.4. The zero-order valence-electron chi connectivity index (χ0n) is 10.8. The molecule has 5 nitrogen and oxygen atoms in total. The van der Waals surface area contributed by atoms with Gasteiger partial charge in [-0.05, 0) is 27.7 Å². The van der Waals surface area contributed by atoms with Gasteiger partial charge in [0.25, 0.3) is 0 Å². The Labute approximate surface area is 101 Å². The summed E-state index contributed by atoms with van der Waals surface area (Å²) in [6, 6.07) is 0.358. The van der Waals surface area contributed by atoms with Gasteiger partial charge in [0.05, 0.1) is 17.6 Å². The summed E-state index contributed by atoms with van der Waals surface area (Å²) in [7, 11) is 0. The van der Waals surface area contributed by atoms with Crippen molar-refractivity contribution in [2.24, 2.45) is 0 Å². The number of aryl methyl sites for hydroxylation is 2. The van der Waals surface area contributed by atoms with Crippen LogP contribution in [0.4, 0.5) is 5.95 Å². The van der Waals surface area contributed by atoms with Crippen LogP contribution in [0.15, 0.2) is 18.6 Å². The van der Waals surface area contributed by atoms with Crippen molar-refractivity contribution in [1.29, 1.82) is 0 Å². The van der Waals surface area contributed by atoms with Gasteiger partial charge in [0, 0.05) is 25.0 Å². The maximum atomic E-state index is 4.48. The summed E-state index contributed by atoms with van der Waals surface area (Å²) >= 11 is 0. The fraction of sp³-hybridized carbons (Fsp3) is 0.500. The molecule has 17 heavy (non-hydrogen) atoms. The van der Waals surface area contributed by atoms with E-state index < -0.39 is 0 Å². The number of anilines is 1. The molecule has 5 heteroatoms. The highest BCUT2D eigenvalue weighted by Crippen LogP contribution is 2.16. The fourth-order valence-corrected chi connectivity index (χ4v) is 1.70. The molecule has 0 radical (unpaired) electrons. The van der Waals surface area contributed by atoms with Crippen LogP contribution in [-0.4, -0.2) is 25.4 Å². The first-order valence-corrected chi connectivity index (χ1v) is 5.95. The molecule has 0 aromatic carbocycles. The fourth-order valence-electron chi connectivity index (χ4n) is 1.70. The molecule has 0 bridgehead atoms. The molecule has 2 heterocycles. The maximum absolute atomic E-state index is 4.48. The average molecular weight is 233 g/mol. The summed E-state index contributed by atoms with van der Waals surface area (Å²) in [5.74, 6) is 0.869. The van der Waals surface area contributed by atoms with Crippen LogP contribution in [0.1, 0.15) is 26.5 Å². The molecule has 2 aromatic rings. The van der Waals surface area contributed by atoms with E-state index in [1.54, 1.807) is 0 Å². The minimum absolute atomic E-state index is 0.358. The Morgan fingerprint density at radius 2 is 2.12 bits per heavy atom. The summed E-state index contributed by atoms with van der Waals surface area (Å²) in [6.45, 7) is 9.14. The molecule has 0 unspecified atom stereocenters. The summed E-state index contributed by atoms with van der Waals surface area (Å²) < 4.78 is 3.94. The van der Waals surface area contributed by atoms with Crippen molar-refractivity contribution in [3.8, 4) is 5.69 Å². The van der Waals surface area contributed by atoms with E-state index in [-0.39, 0.29) is 0 Å². The second-order valence-electron chi connectivity index (χ2n) is 4.43. The van der Waals surface area contributed by atoms with Gasteiger partial charge >= 0.3 is 0 Å². The normalized spacial score (nSPS) is 11.1. The van der Waals surface area contributed by atoms with Gasteiger partial charge in [-0.25, -0.2) is 4.98 Å². The second-order valence-corrected chi connectivity index (χ2v) is 4.43. The SMILES string of the molecule is CCn1cc(-n2cc(C)nc2NC(C)C)cn1. The molecule has 1 N–H and O–H groups in total. The Hall–Kier alpha value is -1.78. The molecule has 92 valence electrons.